The molecule has 8 rings (SSSR count). The first-order chi connectivity index (χ1) is 31.8. The molecule has 0 radical (unpaired) electrons. The van der Waals surface area contributed by atoms with Crippen molar-refractivity contribution >= 4 is 69.5 Å². The van der Waals surface area contributed by atoms with Crippen LogP contribution in [0.4, 0.5) is 21.0 Å². The second-order valence-electron chi connectivity index (χ2n) is 18.9. The van der Waals surface area contributed by atoms with Crippen LogP contribution in [0, 0.1) is 0 Å². The number of benzene rings is 2. The lowest BCUT2D eigenvalue weighted by molar-refractivity contribution is 0.00501. The molecule has 16 nitrogen and oxygen atoms in total. The molecule has 0 unspecified atom stereocenters. The second-order valence-corrected chi connectivity index (χ2v) is 20.1. The zero-order valence-electron chi connectivity index (χ0n) is 39.3. The molecule has 2 amide bonds. The van der Waals surface area contributed by atoms with Gasteiger partial charge in [0.1, 0.15) is 40.6 Å². The standard InChI is InChI=1S/C24H31ClN4O4.C16H20Cl2N2O2.C8H12N2O2/c1-24(2,3)33-22(30)19-10-15-29(26-19)23(31)28-13-8-18(9-14-28)32-21-7-6-17(25)16-20(21)27-11-4-5-12-27;17-12-3-4-15(14(11-12)19-7-1-2-8-19)22-13-5-9-20(10-6-13)16(18)21;1-8(2,3)12-7(11)6-4-5-9-10-6/h6-7,10,15-16,18H,4-5,8-9,11-14H2,1-3H3;3-4,11,13H,1-2,5-10H2;4-5H,1-3H3,(H,9,10). The predicted octanol–water partition coefficient (Wildman–Crippen LogP) is 10.1. The molecule has 0 atom stereocenters. The SMILES string of the molecule is CC(C)(C)OC(=O)c1ccn(C(=O)N2CCC(Oc3ccc(Cl)cc3N3CCCC3)CC2)n1.CC(C)(C)OC(=O)c1ccn[nH]1.O=C(Cl)N1CCC(Oc2ccc(Cl)cc2N2CCCC2)CC1. The van der Waals surface area contributed by atoms with Crippen LogP contribution in [-0.4, -0.2) is 129 Å². The first-order valence-corrected chi connectivity index (χ1v) is 24.1. The summed E-state index contributed by atoms with van der Waals surface area (Å²) in [5.74, 6) is 0.819. The Morgan fingerprint density at radius 3 is 1.52 bits per heavy atom. The average molecular weight is 986 g/mol. The molecule has 2 aromatic heterocycles. The van der Waals surface area contributed by atoms with E-state index < -0.39 is 17.2 Å². The summed E-state index contributed by atoms with van der Waals surface area (Å²) in [5.41, 5.74) is 1.55. The van der Waals surface area contributed by atoms with Crippen LogP contribution in [0.15, 0.2) is 60.9 Å². The first kappa shape index (κ1) is 51.2. The van der Waals surface area contributed by atoms with Gasteiger partial charge in [0, 0.05) is 100 Å². The zero-order chi connectivity index (χ0) is 48.3. The Kier molecular flexibility index (Phi) is 17.7. The van der Waals surface area contributed by atoms with E-state index in [0.717, 1.165) is 66.9 Å². The molecule has 4 saturated heterocycles. The molecule has 4 aliphatic rings. The molecule has 4 fully saturated rings. The molecular weight excluding hydrogens is 923 g/mol. The third-order valence-corrected chi connectivity index (χ3v) is 11.9. The van der Waals surface area contributed by atoms with E-state index in [0.29, 0.717) is 49.7 Å². The van der Waals surface area contributed by atoms with Gasteiger partial charge in [-0.25, -0.2) is 14.4 Å². The number of hydrogen-bond donors (Lipinski definition) is 1. The molecule has 2 aromatic carbocycles. The minimum Gasteiger partial charge on any atom is -0.488 e. The largest absolute Gasteiger partial charge is 0.488 e. The summed E-state index contributed by atoms with van der Waals surface area (Å²) < 4.78 is 24.1. The van der Waals surface area contributed by atoms with Gasteiger partial charge in [-0.3, -0.25) is 9.89 Å². The fourth-order valence-electron chi connectivity index (χ4n) is 7.98. The number of aromatic nitrogens is 4. The van der Waals surface area contributed by atoms with Crippen LogP contribution in [0.3, 0.4) is 0 Å². The summed E-state index contributed by atoms with van der Waals surface area (Å²) >= 11 is 17.9. The highest BCUT2D eigenvalue weighted by molar-refractivity contribution is 6.62. The van der Waals surface area contributed by atoms with E-state index in [4.69, 9.17) is 53.8 Å². The first-order valence-electron chi connectivity index (χ1n) is 23.0. The van der Waals surface area contributed by atoms with E-state index in [1.807, 2.05) is 57.2 Å². The topological polar surface area (TPSA) is 165 Å². The molecule has 67 heavy (non-hydrogen) atoms. The number of likely N-dealkylation sites (tertiary alicyclic amines) is 2. The monoisotopic (exact) mass is 984 g/mol. The number of nitrogens with one attached hydrogen (secondary N) is 1. The highest BCUT2D eigenvalue weighted by Gasteiger charge is 2.29. The van der Waals surface area contributed by atoms with Crippen LogP contribution >= 0.6 is 34.8 Å². The van der Waals surface area contributed by atoms with Crippen LogP contribution in [0.1, 0.15) is 114 Å². The van der Waals surface area contributed by atoms with Crippen molar-refractivity contribution in [3.05, 3.63) is 82.4 Å². The maximum Gasteiger partial charge on any atom is 0.359 e. The van der Waals surface area contributed by atoms with Gasteiger partial charge in [0.2, 0.25) is 0 Å². The van der Waals surface area contributed by atoms with Crippen molar-refractivity contribution in [2.45, 2.75) is 116 Å². The highest BCUT2D eigenvalue weighted by atomic mass is 35.5. The van der Waals surface area contributed by atoms with Crippen molar-refractivity contribution in [3.63, 3.8) is 0 Å². The summed E-state index contributed by atoms with van der Waals surface area (Å²) in [5, 5.41) is 11.4. The maximum atomic E-state index is 12.9. The van der Waals surface area contributed by atoms with Gasteiger partial charge in [0.15, 0.2) is 5.69 Å². The number of halogens is 3. The number of H-pyrrole nitrogens is 1. The number of anilines is 2. The van der Waals surface area contributed by atoms with Gasteiger partial charge in [-0.15, -0.1) is 0 Å². The Morgan fingerprint density at radius 1 is 0.627 bits per heavy atom. The summed E-state index contributed by atoms with van der Waals surface area (Å²) in [4.78, 5) is 55.5. The summed E-state index contributed by atoms with van der Waals surface area (Å²) in [6, 6.07) is 14.4. The summed E-state index contributed by atoms with van der Waals surface area (Å²) in [6.45, 7) is 17.4. The van der Waals surface area contributed by atoms with Crippen LogP contribution < -0.4 is 19.3 Å². The quantitative estimate of drug-likeness (QED) is 0.101. The molecule has 6 heterocycles. The second kappa shape index (κ2) is 23.2. The smallest absolute Gasteiger partial charge is 0.359 e. The van der Waals surface area contributed by atoms with Crippen molar-refractivity contribution < 1.29 is 38.1 Å². The van der Waals surface area contributed by atoms with Gasteiger partial charge in [-0.05, 0) is 127 Å². The van der Waals surface area contributed by atoms with Gasteiger partial charge in [0.25, 0.3) is 0 Å². The van der Waals surface area contributed by atoms with Crippen LogP contribution in [0.25, 0.3) is 0 Å². The minimum absolute atomic E-state index is 0.0199. The summed E-state index contributed by atoms with van der Waals surface area (Å²) in [7, 11) is 0. The van der Waals surface area contributed by atoms with Gasteiger partial charge >= 0.3 is 23.3 Å². The number of carbonyl (C=O) groups excluding carboxylic acids is 4. The van der Waals surface area contributed by atoms with Gasteiger partial charge in [-0.1, -0.05) is 23.2 Å². The number of amides is 2. The third kappa shape index (κ3) is 15.4. The number of nitrogens with zero attached hydrogens (tertiary/aromatic N) is 7. The van der Waals surface area contributed by atoms with E-state index in [1.54, 1.807) is 36.6 Å². The van der Waals surface area contributed by atoms with Crippen molar-refractivity contribution in [1.29, 1.82) is 0 Å². The number of rotatable bonds is 8. The number of piperidine rings is 2. The molecule has 0 spiro atoms. The number of ether oxygens (including phenoxy) is 4. The lowest BCUT2D eigenvalue weighted by Crippen LogP contribution is -2.44. The number of hydrogen-bond acceptors (Lipinski definition) is 12. The van der Waals surface area contributed by atoms with Crippen molar-refractivity contribution in [2.24, 2.45) is 0 Å². The van der Waals surface area contributed by atoms with Gasteiger partial charge in [0.05, 0.1) is 11.4 Å². The van der Waals surface area contributed by atoms with E-state index in [-0.39, 0.29) is 35.3 Å². The molecule has 4 aromatic rings. The zero-order valence-corrected chi connectivity index (χ0v) is 41.5. The Bertz CT molecular complexity index is 2270. The van der Waals surface area contributed by atoms with Gasteiger partial charge < -0.3 is 38.5 Å². The maximum absolute atomic E-state index is 12.9. The van der Waals surface area contributed by atoms with Crippen LogP contribution in [-0.2, 0) is 9.47 Å². The molecule has 364 valence electrons. The molecule has 0 aliphatic carbocycles. The number of aromatic amines is 1. The Labute approximate surface area is 408 Å². The predicted molar refractivity (Wildman–Crippen MR) is 259 cm³/mol. The molecule has 0 bridgehead atoms. The van der Waals surface area contributed by atoms with Crippen molar-refractivity contribution in [1.82, 2.24) is 29.8 Å². The van der Waals surface area contributed by atoms with Crippen molar-refractivity contribution in [2.75, 3.05) is 62.2 Å². The van der Waals surface area contributed by atoms with E-state index in [1.165, 1.54) is 48.8 Å². The van der Waals surface area contributed by atoms with Crippen molar-refractivity contribution in [3.8, 4) is 11.5 Å². The Morgan fingerprint density at radius 2 is 1.09 bits per heavy atom. The molecule has 1 N–H and O–H groups in total. The summed E-state index contributed by atoms with van der Waals surface area (Å²) in [6.07, 6.45) is 11.0. The number of carbonyl (C=O) groups is 4. The van der Waals surface area contributed by atoms with Crippen LogP contribution in [0.2, 0.25) is 10.0 Å². The van der Waals surface area contributed by atoms with E-state index in [9.17, 15) is 19.2 Å². The number of esters is 2. The molecule has 4 aliphatic heterocycles. The van der Waals surface area contributed by atoms with E-state index >= 15 is 0 Å². The van der Waals surface area contributed by atoms with Crippen LogP contribution in [0.5, 0.6) is 11.5 Å². The lowest BCUT2D eigenvalue weighted by atomic mass is 10.1. The third-order valence-electron chi connectivity index (χ3n) is 11.2. The normalized spacial score (nSPS) is 17.0. The Balaban J connectivity index is 0.000000186. The fraction of sp³-hybridized carbons (Fsp3) is 0.542. The highest BCUT2D eigenvalue weighted by Crippen LogP contribution is 2.37. The molecule has 19 heteroatoms. The van der Waals surface area contributed by atoms with E-state index in [2.05, 4.69) is 25.1 Å². The fourth-order valence-corrected chi connectivity index (χ4v) is 8.48. The molecule has 0 saturated carbocycles. The molecular formula is C48H63Cl3N8O8. The Hall–Kier alpha value is -5.19. The lowest BCUT2D eigenvalue weighted by Gasteiger charge is -2.33. The average Bonchev–Trinajstić information content (AvgIpc) is 4.13. The van der Waals surface area contributed by atoms with Gasteiger partial charge in [-0.2, -0.15) is 14.9 Å². The minimum atomic E-state index is -0.620.